The largest absolute Gasteiger partial charge is 0.389 e. The van der Waals surface area contributed by atoms with E-state index >= 15 is 0 Å². The first-order valence-electron chi connectivity index (χ1n) is 5.88. The number of rotatable bonds is 3. The van der Waals surface area contributed by atoms with Crippen molar-refractivity contribution in [3.63, 3.8) is 0 Å². The van der Waals surface area contributed by atoms with Gasteiger partial charge in [0.15, 0.2) is 0 Å². The van der Waals surface area contributed by atoms with Gasteiger partial charge in [0.2, 0.25) is 0 Å². The Labute approximate surface area is 87.3 Å². The van der Waals surface area contributed by atoms with Crippen molar-refractivity contribution in [3.8, 4) is 0 Å². The molecule has 2 rings (SSSR count). The van der Waals surface area contributed by atoms with Gasteiger partial charge < -0.3 is 5.11 Å². The lowest BCUT2D eigenvalue weighted by Gasteiger charge is -2.57. The zero-order valence-corrected chi connectivity index (χ0v) is 9.71. The van der Waals surface area contributed by atoms with Crippen LogP contribution in [0.5, 0.6) is 0 Å². The van der Waals surface area contributed by atoms with Gasteiger partial charge in [-0.3, -0.25) is 4.90 Å². The van der Waals surface area contributed by atoms with E-state index in [1.54, 1.807) is 0 Å². The first-order valence-corrected chi connectivity index (χ1v) is 5.88. The Hall–Kier alpha value is -0.0800. The van der Waals surface area contributed by atoms with E-state index in [4.69, 9.17) is 0 Å². The Morgan fingerprint density at radius 3 is 2.29 bits per heavy atom. The third kappa shape index (κ3) is 1.70. The van der Waals surface area contributed by atoms with Crippen LogP contribution in [0.2, 0.25) is 0 Å². The fraction of sp³-hybridized carbons (Fsp3) is 1.00. The van der Waals surface area contributed by atoms with Crippen LogP contribution in [0.1, 0.15) is 40.0 Å². The molecule has 1 unspecified atom stereocenters. The van der Waals surface area contributed by atoms with Crippen LogP contribution in [0.3, 0.4) is 0 Å². The molecule has 2 fully saturated rings. The summed E-state index contributed by atoms with van der Waals surface area (Å²) in [7, 11) is 0. The summed E-state index contributed by atoms with van der Waals surface area (Å²) in [6, 6.07) is 0. The van der Waals surface area contributed by atoms with Crippen molar-refractivity contribution in [3.05, 3.63) is 0 Å². The van der Waals surface area contributed by atoms with Crippen LogP contribution in [-0.4, -0.2) is 35.2 Å². The molecule has 1 heterocycles. The lowest BCUT2D eigenvalue weighted by Crippen LogP contribution is -2.63. The van der Waals surface area contributed by atoms with Crippen molar-refractivity contribution >= 4 is 0 Å². The lowest BCUT2D eigenvalue weighted by atomic mass is 9.63. The summed E-state index contributed by atoms with van der Waals surface area (Å²) in [6.07, 6.45) is 4.27. The van der Waals surface area contributed by atoms with Crippen molar-refractivity contribution in [2.75, 3.05) is 19.6 Å². The van der Waals surface area contributed by atoms with E-state index < -0.39 is 5.60 Å². The van der Waals surface area contributed by atoms with E-state index in [1.165, 1.54) is 32.4 Å². The average molecular weight is 197 g/mol. The van der Waals surface area contributed by atoms with Gasteiger partial charge in [-0.1, -0.05) is 20.3 Å². The molecule has 14 heavy (non-hydrogen) atoms. The average Bonchev–Trinajstić information content (AvgIpc) is 1.91. The molecule has 1 N–H and O–H groups in total. The molecule has 1 atom stereocenters. The minimum absolute atomic E-state index is 0.348. The highest BCUT2D eigenvalue weighted by molar-refractivity contribution is 5.01. The standard InChI is InChI=1S/C12H23NO/c1-10(2)11(3,14)7-13-8-12(9-13)5-4-6-12/h10,14H,4-9H2,1-3H3. The van der Waals surface area contributed by atoms with Crippen molar-refractivity contribution < 1.29 is 5.11 Å². The highest BCUT2D eigenvalue weighted by Gasteiger charge is 2.48. The van der Waals surface area contributed by atoms with Crippen molar-refractivity contribution in [2.24, 2.45) is 11.3 Å². The highest BCUT2D eigenvalue weighted by atomic mass is 16.3. The van der Waals surface area contributed by atoms with Gasteiger partial charge in [0.05, 0.1) is 5.60 Å². The molecule has 0 bridgehead atoms. The van der Waals surface area contributed by atoms with Crippen molar-refractivity contribution in [2.45, 2.75) is 45.6 Å². The molecular weight excluding hydrogens is 174 g/mol. The maximum Gasteiger partial charge on any atom is 0.0768 e. The second-order valence-electron chi connectivity index (χ2n) is 6.01. The molecule has 1 spiro atoms. The molecular formula is C12H23NO. The van der Waals surface area contributed by atoms with Gasteiger partial charge in [0, 0.05) is 19.6 Å². The number of hydrogen-bond donors (Lipinski definition) is 1. The molecule has 0 aromatic heterocycles. The van der Waals surface area contributed by atoms with E-state index in [0.717, 1.165) is 6.54 Å². The van der Waals surface area contributed by atoms with Crippen LogP contribution in [0.4, 0.5) is 0 Å². The third-order valence-corrected chi connectivity index (χ3v) is 4.32. The molecule has 1 saturated carbocycles. The highest BCUT2D eigenvalue weighted by Crippen LogP contribution is 2.48. The maximum absolute atomic E-state index is 10.1. The van der Waals surface area contributed by atoms with Gasteiger partial charge >= 0.3 is 0 Å². The van der Waals surface area contributed by atoms with Crippen LogP contribution in [-0.2, 0) is 0 Å². The maximum atomic E-state index is 10.1. The Morgan fingerprint density at radius 1 is 1.36 bits per heavy atom. The van der Waals surface area contributed by atoms with Crippen LogP contribution in [0.15, 0.2) is 0 Å². The summed E-state index contributed by atoms with van der Waals surface area (Å²) in [5.74, 6) is 0.348. The van der Waals surface area contributed by atoms with Gasteiger partial charge in [-0.25, -0.2) is 0 Å². The van der Waals surface area contributed by atoms with E-state index in [9.17, 15) is 5.11 Å². The predicted octanol–water partition coefficient (Wildman–Crippen LogP) is 1.88. The quantitative estimate of drug-likeness (QED) is 0.746. The summed E-state index contributed by atoms with van der Waals surface area (Å²) in [4.78, 5) is 2.42. The summed E-state index contributed by atoms with van der Waals surface area (Å²) in [5.41, 5.74) is 0.179. The number of hydrogen-bond acceptors (Lipinski definition) is 2. The number of aliphatic hydroxyl groups is 1. The first kappa shape index (κ1) is 10.4. The molecule has 0 amide bonds. The molecule has 0 aromatic carbocycles. The predicted molar refractivity (Wildman–Crippen MR) is 58.2 cm³/mol. The van der Waals surface area contributed by atoms with Crippen molar-refractivity contribution in [1.82, 2.24) is 4.90 Å². The molecule has 0 aromatic rings. The zero-order chi connectivity index (χ0) is 10.4. The fourth-order valence-electron chi connectivity index (χ4n) is 2.64. The molecule has 2 nitrogen and oxygen atoms in total. The summed E-state index contributed by atoms with van der Waals surface area (Å²) < 4.78 is 0. The van der Waals surface area contributed by atoms with E-state index in [2.05, 4.69) is 18.7 Å². The zero-order valence-electron chi connectivity index (χ0n) is 9.71. The normalized spacial score (nSPS) is 29.8. The molecule has 1 saturated heterocycles. The Bertz CT molecular complexity index is 210. The SMILES string of the molecule is CC(C)C(C)(O)CN1CC2(CCC2)C1. The van der Waals surface area contributed by atoms with Crippen LogP contribution < -0.4 is 0 Å². The summed E-state index contributed by atoms with van der Waals surface area (Å²) >= 11 is 0. The van der Waals surface area contributed by atoms with Crippen LogP contribution >= 0.6 is 0 Å². The first-order chi connectivity index (χ1) is 6.44. The molecule has 1 aliphatic heterocycles. The molecule has 0 radical (unpaired) electrons. The van der Waals surface area contributed by atoms with E-state index in [1.807, 2.05) is 6.92 Å². The molecule has 1 aliphatic carbocycles. The Morgan fingerprint density at radius 2 is 1.93 bits per heavy atom. The second-order valence-corrected chi connectivity index (χ2v) is 6.01. The van der Waals surface area contributed by atoms with Gasteiger partial charge in [-0.05, 0) is 31.1 Å². The third-order valence-electron chi connectivity index (χ3n) is 4.32. The Balaban J connectivity index is 1.78. The van der Waals surface area contributed by atoms with Gasteiger partial charge in [0.25, 0.3) is 0 Å². The van der Waals surface area contributed by atoms with Gasteiger partial charge in [-0.15, -0.1) is 0 Å². The fourth-order valence-corrected chi connectivity index (χ4v) is 2.64. The number of likely N-dealkylation sites (tertiary alicyclic amines) is 1. The smallest absolute Gasteiger partial charge is 0.0768 e. The molecule has 2 heteroatoms. The summed E-state index contributed by atoms with van der Waals surface area (Å²) in [6.45, 7) is 9.47. The van der Waals surface area contributed by atoms with Gasteiger partial charge in [-0.2, -0.15) is 0 Å². The lowest BCUT2D eigenvalue weighted by molar-refractivity contribution is -0.108. The molecule has 2 aliphatic rings. The minimum atomic E-state index is -0.509. The van der Waals surface area contributed by atoms with Crippen molar-refractivity contribution in [1.29, 1.82) is 0 Å². The Kier molecular flexibility index (Phi) is 2.39. The monoisotopic (exact) mass is 197 g/mol. The van der Waals surface area contributed by atoms with E-state index in [0.29, 0.717) is 11.3 Å². The minimum Gasteiger partial charge on any atom is -0.389 e. The number of β-amino-alcohol motifs (C(OH)–C–C–N with tert-alkyl or cyclic N) is 1. The van der Waals surface area contributed by atoms with Gasteiger partial charge in [0.1, 0.15) is 0 Å². The second kappa shape index (κ2) is 3.21. The molecule has 82 valence electrons. The summed E-state index contributed by atoms with van der Waals surface area (Å²) in [5, 5.41) is 10.1. The number of nitrogens with zero attached hydrogens (tertiary/aromatic N) is 1. The van der Waals surface area contributed by atoms with Crippen LogP contribution in [0.25, 0.3) is 0 Å². The van der Waals surface area contributed by atoms with Crippen LogP contribution in [0, 0.1) is 11.3 Å². The topological polar surface area (TPSA) is 23.5 Å². The van der Waals surface area contributed by atoms with E-state index in [-0.39, 0.29) is 0 Å².